The summed E-state index contributed by atoms with van der Waals surface area (Å²) < 4.78 is 1.90. The highest BCUT2D eigenvalue weighted by molar-refractivity contribution is 7.99. The molecule has 78 valence electrons. The van der Waals surface area contributed by atoms with Crippen LogP contribution in [0.2, 0.25) is 0 Å². The van der Waals surface area contributed by atoms with E-state index in [9.17, 15) is 4.79 Å². The van der Waals surface area contributed by atoms with Gasteiger partial charge in [-0.15, -0.1) is 10.2 Å². The fourth-order valence-corrected chi connectivity index (χ4v) is 1.72. The van der Waals surface area contributed by atoms with Gasteiger partial charge < -0.3 is 4.57 Å². The molecule has 1 heterocycles. The number of hydrogen-bond donors (Lipinski definition) is 2. The number of nitrogens with two attached hydrogens (primary N) is 1. The van der Waals surface area contributed by atoms with Crippen molar-refractivity contribution >= 4 is 17.7 Å². The smallest absolute Gasteiger partial charge is 0.244 e. The first-order valence-electron chi connectivity index (χ1n) is 4.17. The van der Waals surface area contributed by atoms with E-state index in [1.807, 2.05) is 18.4 Å². The predicted molar refractivity (Wildman–Crippen MR) is 53.5 cm³/mol. The summed E-state index contributed by atoms with van der Waals surface area (Å²) in [4.78, 5) is 10.9. The molecule has 0 aliphatic carbocycles. The van der Waals surface area contributed by atoms with Crippen LogP contribution in [0.25, 0.3) is 0 Å². The van der Waals surface area contributed by atoms with Crippen molar-refractivity contribution in [1.29, 1.82) is 0 Å². The summed E-state index contributed by atoms with van der Waals surface area (Å²) in [5, 5.41) is 8.40. The van der Waals surface area contributed by atoms with Crippen LogP contribution in [0.3, 0.4) is 0 Å². The number of nitrogens with zero attached hydrogens (tertiary/aromatic N) is 3. The van der Waals surface area contributed by atoms with Gasteiger partial charge in [-0.25, -0.2) is 5.84 Å². The maximum atomic E-state index is 10.9. The minimum Gasteiger partial charge on any atom is -0.306 e. The van der Waals surface area contributed by atoms with E-state index in [0.717, 1.165) is 5.16 Å². The number of hydrogen-bond acceptors (Lipinski definition) is 5. The van der Waals surface area contributed by atoms with E-state index >= 15 is 0 Å². The highest BCUT2D eigenvalue weighted by Gasteiger charge is 2.09. The highest BCUT2D eigenvalue weighted by atomic mass is 32.2. The number of thioether (sulfide) groups is 1. The molecule has 0 radical (unpaired) electrons. The minimum atomic E-state index is -0.228. The van der Waals surface area contributed by atoms with Crippen molar-refractivity contribution in [2.24, 2.45) is 5.84 Å². The zero-order valence-electron chi connectivity index (χ0n) is 8.10. The molecule has 1 amide bonds. The molecule has 0 atom stereocenters. The maximum absolute atomic E-state index is 10.9. The lowest BCUT2D eigenvalue weighted by molar-refractivity contribution is -0.118. The number of amides is 1. The molecular weight excluding hydrogens is 202 g/mol. The van der Waals surface area contributed by atoms with Gasteiger partial charge in [0.1, 0.15) is 6.33 Å². The number of aromatic nitrogens is 3. The second-order valence-corrected chi connectivity index (χ2v) is 3.91. The second kappa shape index (κ2) is 4.97. The van der Waals surface area contributed by atoms with Gasteiger partial charge in [-0.3, -0.25) is 10.2 Å². The topological polar surface area (TPSA) is 85.8 Å². The Bertz CT molecular complexity index is 311. The maximum Gasteiger partial charge on any atom is 0.244 e. The van der Waals surface area contributed by atoms with Crippen LogP contribution in [0, 0.1) is 0 Å². The van der Waals surface area contributed by atoms with Gasteiger partial charge in [-0.05, 0) is 13.8 Å². The molecule has 0 aromatic carbocycles. The Hall–Kier alpha value is -1.08. The van der Waals surface area contributed by atoms with Crippen molar-refractivity contribution < 1.29 is 4.79 Å². The van der Waals surface area contributed by atoms with Gasteiger partial charge in [0, 0.05) is 6.04 Å². The Morgan fingerprint density at radius 3 is 3.07 bits per heavy atom. The predicted octanol–water partition coefficient (Wildman–Crippen LogP) is -0.0590. The molecule has 1 rings (SSSR count). The molecule has 0 saturated carbocycles. The number of hydrazine groups is 1. The van der Waals surface area contributed by atoms with E-state index in [2.05, 4.69) is 15.6 Å². The van der Waals surface area contributed by atoms with Gasteiger partial charge in [0.25, 0.3) is 0 Å². The summed E-state index contributed by atoms with van der Waals surface area (Å²) in [6.45, 7) is 4.05. The summed E-state index contributed by atoms with van der Waals surface area (Å²) in [6, 6.07) is 0.286. The Labute approximate surface area is 86.2 Å². The van der Waals surface area contributed by atoms with Gasteiger partial charge in [0.05, 0.1) is 5.75 Å². The normalized spacial score (nSPS) is 10.6. The van der Waals surface area contributed by atoms with Gasteiger partial charge >= 0.3 is 0 Å². The average molecular weight is 215 g/mol. The molecule has 0 saturated heterocycles. The van der Waals surface area contributed by atoms with Crippen LogP contribution in [0.1, 0.15) is 19.9 Å². The largest absolute Gasteiger partial charge is 0.306 e. The first-order valence-corrected chi connectivity index (χ1v) is 5.15. The number of rotatable bonds is 4. The molecule has 0 aliphatic heterocycles. The molecule has 0 aliphatic rings. The highest BCUT2D eigenvalue weighted by Crippen LogP contribution is 2.17. The van der Waals surface area contributed by atoms with Gasteiger partial charge in [-0.1, -0.05) is 11.8 Å². The standard InChI is InChI=1S/C7H13N5OS/c1-5(2)12-4-9-11-7(12)14-3-6(13)10-8/h4-5H,3,8H2,1-2H3,(H,10,13). The summed E-state index contributed by atoms with van der Waals surface area (Å²) >= 11 is 1.31. The van der Waals surface area contributed by atoms with E-state index in [1.54, 1.807) is 6.33 Å². The van der Waals surface area contributed by atoms with Gasteiger partial charge in [-0.2, -0.15) is 0 Å². The lowest BCUT2D eigenvalue weighted by Crippen LogP contribution is -2.31. The first-order chi connectivity index (χ1) is 6.65. The van der Waals surface area contributed by atoms with E-state index in [0.29, 0.717) is 0 Å². The molecule has 14 heavy (non-hydrogen) atoms. The zero-order valence-corrected chi connectivity index (χ0v) is 8.91. The van der Waals surface area contributed by atoms with Crippen LogP contribution in [0.15, 0.2) is 11.5 Å². The Morgan fingerprint density at radius 2 is 2.50 bits per heavy atom. The third-order valence-corrected chi connectivity index (χ3v) is 2.55. The van der Waals surface area contributed by atoms with Crippen molar-refractivity contribution in [1.82, 2.24) is 20.2 Å². The van der Waals surface area contributed by atoms with Crippen LogP contribution in [0.4, 0.5) is 0 Å². The minimum absolute atomic E-state index is 0.228. The zero-order chi connectivity index (χ0) is 10.6. The SMILES string of the molecule is CC(C)n1cnnc1SCC(=O)NN. The molecular formula is C7H13N5OS. The second-order valence-electron chi connectivity index (χ2n) is 2.97. The van der Waals surface area contributed by atoms with Crippen LogP contribution in [-0.2, 0) is 4.79 Å². The summed E-state index contributed by atoms with van der Waals surface area (Å²) in [5.41, 5.74) is 2.06. The molecule has 3 N–H and O–H groups in total. The van der Waals surface area contributed by atoms with Gasteiger partial charge in [0.15, 0.2) is 5.16 Å². The van der Waals surface area contributed by atoms with Crippen LogP contribution >= 0.6 is 11.8 Å². The molecule has 0 spiro atoms. The number of carbonyl (C=O) groups excluding carboxylic acids is 1. The van der Waals surface area contributed by atoms with E-state index in [4.69, 9.17) is 5.84 Å². The Balaban J connectivity index is 2.58. The van der Waals surface area contributed by atoms with E-state index in [1.165, 1.54) is 11.8 Å². The van der Waals surface area contributed by atoms with Crippen LogP contribution in [0.5, 0.6) is 0 Å². The fraction of sp³-hybridized carbons (Fsp3) is 0.571. The monoisotopic (exact) mass is 215 g/mol. The van der Waals surface area contributed by atoms with Crippen molar-refractivity contribution in [3.05, 3.63) is 6.33 Å². The molecule has 1 aromatic heterocycles. The summed E-state index contributed by atoms with van der Waals surface area (Å²) in [7, 11) is 0. The first kappa shape index (κ1) is 11.0. The molecule has 1 aromatic rings. The van der Waals surface area contributed by atoms with Crippen molar-refractivity contribution in [2.75, 3.05) is 5.75 Å². The molecule has 0 unspecified atom stereocenters. The van der Waals surface area contributed by atoms with Crippen molar-refractivity contribution in [3.63, 3.8) is 0 Å². The van der Waals surface area contributed by atoms with Crippen molar-refractivity contribution in [2.45, 2.75) is 25.0 Å². The summed E-state index contributed by atoms with van der Waals surface area (Å²) in [6.07, 6.45) is 1.65. The van der Waals surface area contributed by atoms with Crippen LogP contribution < -0.4 is 11.3 Å². The molecule has 0 fully saturated rings. The quantitative estimate of drug-likeness (QED) is 0.318. The Kier molecular flexibility index (Phi) is 3.90. The lowest BCUT2D eigenvalue weighted by atomic mass is 10.4. The molecule has 0 bridgehead atoms. The third-order valence-electron chi connectivity index (χ3n) is 1.59. The van der Waals surface area contributed by atoms with Crippen molar-refractivity contribution in [3.8, 4) is 0 Å². The number of nitrogens with one attached hydrogen (secondary N) is 1. The Morgan fingerprint density at radius 1 is 1.79 bits per heavy atom. The fourth-order valence-electron chi connectivity index (χ4n) is 0.861. The molecule has 7 heteroatoms. The molecule has 6 nitrogen and oxygen atoms in total. The summed E-state index contributed by atoms with van der Waals surface area (Å²) in [5.74, 6) is 4.98. The lowest BCUT2D eigenvalue weighted by Gasteiger charge is -2.08. The van der Waals surface area contributed by atoms with E-state index < -0.39 is 0 Å². The van der Waals surface area contributed by atoms with E-state index in [-0.39, 0.29) is 17.7 Å². The number of carbonyl (C=O) groups is 1. The third kappa shape index (κ3) is 2.71. The average Bonchev–Trinajstić information content (AvgIpc) is 2.62. The van der Waals surface area contributed by atoms with Gasteiger partial charge in [0.2, 0.25) is 5.91 Å². The van der Waals surface area contributed by atoms with Crippen LogP contribution in [-0.4, -0.2) is 26.4 Å².